The van der Waals surface area contributed by atoms with Crippen LogP contribution in [-0.4, -0.2) is 48.3 Å². The third-order valence-electron chi connectivity index (χ3n) is 5.87. The number of carbonyl (C=O) groups excluding carboxylic acids is 4. The first-order valence-corrected chi connectivity index (χ1v) is 11.4. The largest absolute Gasteiger partial charge is 0.465 e. The van der Waals surface area contributed by atoms with Gasteiger partial charge in [0.1, 0.15) is 5.00 Å². The Morgan fingerprint density at radius 3 is 2.27 bits per heavy atom. The highest BCUT2D eigenvalue weighted by Gasteiger charge is 2.31. The van der Waals surface area contributed by atoms with Crippen molar-refractivity contribution in [1.29, 1.82) is 0 Å². The quantitative estimate of drug-likeness (QED) is 0.507. The molecule has 8 nitrogen and oxygen atoms in total. The van der Waals surface area contributed by atoms with Crippen molar-refractivity contribution in [2.24, 2.45) is 0 Å². The molecule has 0 aliphatic carbocycles. The normalized spacial score (nSPS) is 15.9. The number of methoxy groups -OCH3 is 1. The van der Waals surface area contributed by atoms with Crippen LogP contribution in [0.15, 0.2) is 24.3 Å². The molecular weight excluding hydrogens is 466 g/mol. The Morgan fingerprint density at radius 1 is 1.06 bits per heavy atom. The molecule has 0 atom stereocenters. The number of esters is 1. The topological polar surface area (TPSA) is 96.0 Å². The fraction of sp³-hybridized carbons (Fsp3) is 0.391. The standard InChI is InChI=1S/C23H25N3O5S.ClH/c1-13(2)25-11-10-16-17(12-25)32-22(20(16)23(30)31-3)24-21(29)14-4-6-15(7-5-14)26-18(27)8-9-19(26)28;/h4-7,13H,8-12H2,1-3H3,(H,24,29);1H. The van der Waals surface area contributed by atoms with Crippen molar-refractivity contribution in [3.05, 3.63) is 45.8 Å². The smallest absolute Gasteiger partial charge is 0.341 e. The molecule has 1 aromatic carbocycles. The van der Waals surface area contributed by atoms with E-state index in [1.807, 2.05) is 0 Å². The molecule has 2 aromatic rings. The lowest BCUT2D eigenvalue weighted by Gasteiger charge is -2.30. The molecule has 1 N–H and O–H groups in total. The minimum absolute atomic E-state index is 0. The summed E-state index contributed by atoms with van der Waals surface area (Å²) >= 11 is 1.40. The zero-order valence-corrected chi connectivity index (χ0v) is 20.3. The molecule has 10 heteroatoms. The number of hydrogen-bond donors (Lipinski definition) is 1. The van der Waals surface area contributed by atoms with Gasteiger partial charge >= 0.3 is 5.97 Å². The molecule has 33 heavy (non-hydrogen) atoms. The van der Waals surface area contributed by atoms with Crippen LogP contribution in [0.4, 0.5) is 10.7 Å². The van der Waals surface area contributed by atoms with Crippen molar-refractivity contribution in [2.45, 2.75) is 45.7 Å². The van der Waals surface area contributed by atoms with Crippen LogP contribution in [0.25, 0.3) is 0 Å². The van der Waals surface area contributed by atoms with Gasteiger partial charge in [0.2, 0.25) is 11.8 Å². The number of amides is 3. The van der Waals surface area contributed by atoms with Crippen molar-refractivity contribution in [2.75, 3.05) is 23.9 Å². The van der Waals surface area contributed by atoms with Crippen molar-refractivity contribution in [3.8, 4) is 0 Å². The number of imide groups is 1. The van der Waals surface area contributed by atoms with Gasteiger partial charge in [0.05, 0.1) is 18.4 Å². The molecule has 4 rings (SSSR count). The second-order valence-electron chi connectivity index (χ2n) is 8.14. The van der Waals surface area contributed by atoms with E-state index in [4.69, 9.17) is 4.74 Å². The van der Waals surface area contributed by atoms with E-state index in [0.29, 0.717) is 27.9 Å². The molecule has 3 heterocycles. The minimum atomic E-state index is -0.461. The van der Waals surface area contributed by atoms with E-state index >= 15 is 0 Å². The highest BCUT2D eigenvalue weighted by atomic mass is 35.5. The first-order chi connectivity index (χ1) is 15.3. The molecule has 0 saturated carbocycles. The third kappa shape index (κ3) is 4.80. The van der Waals surface area contributed by atoms with Gasteiger partial charge in [0, 0.05) is 42.4 Å². The van der Waals surface area contributed by atoms with Crippen LogP contribution in [0.5, 0.6) is 0 Å². The highest BCUT2D eigenvalue weighted by molar-refractivity contribution is 7.17. The molecule has 1 saturated heterocycles. The first-order valence-electron chi connectivity index (χ1n) is 10.5. The number of benzene rings is 1. The van der Waals surface area contributed by atoms with Gasteiger partial charge in [-0.15, -0.1) is 23.7 Å². The SMILES string of the molecule is COC(=O)c1c(NC(=O)c2ccc(N3C(=O)CCC3=O)cc2)sc2c1CCN(C(C)C)C2.Cl. The van der Waals surface area contributed by atoms with E-state index in [2.05, 4.69) is 24.1 Å². The van der Waals surface area contributed by atoms with Crippen LogP contribution < -0.4 is 10.2 Å². The average Bonchev–Trinajstić information content (AvgIpc) is 3.31. The maximum Gasteiger partial charge on any atom is 0.341 e. The fourth-order valence-corrected chi connectivity index (χ4v) is 5.33. The molecule has 3 amide bonds. The van der Waals surface area contributed by atoms with Crippen LogP contribution in [0, 0.1) is 0 Å². The molecule has 2 aliphatic rings. The number of rotatable bonds is 5. The Hall–Kier alpha value is -2.75. The Bertz CT molecular complexity index is 1080. The molecule has 0 unspecified atom stereocenters. The number of thiophene rings is 1. The van der Waals surface area contributed by atoms with Gasteiger partial charge < -0.3 is 10.1 Å². The number of anilines is 2. The Morgan fingerprint density at radius 2 is 1.70 bits per heavy atom. The van der Waals surface area contributed by atoms with Crippen LogP contribution >= 0.6 is 23.7 Å². The second kappa shape index (κ2) is 10.0. The van der Waals surface area contributed by atoms with Crippen LogP contribution in [0.2, 0.25) is 0 Å². The predicted octanol–water partition coefficient (Wildman–Crippen LogP) is 3.63. The second-order valence-corrected chi connectivity index (χ2v) is 9.24. The lowest BCUT2D eigenvalue weighted by atomic mass is 10.0. The van der Waals surface area contributed by atoms with Gasteiger partial charge in [-0.3, -0.25) is 24.2 Å². The zero-order valence-electron chi connectivity index (χ0n) is 18.7. The maximum absolute atomic E-state index is 12.9. The lowest BCUT2D eigenvalue weighted by Crippen LogP contribution is -2.35. The molecular formula is C23H26ClN3O5S. The summed E-state index contributed by atoms with van der Waals surface area (Å²) in [4.78, 5) is 53.8. The number of nitrogens with zero attached hydrogens (tertiary/aromatic N) is 2. The number of carbonyl (C=O) groups is 4. The van der Waals surface area contributed by atoms with Crippen LogP contribution in [-0.2, 0) is 27.3 Å². The van der Waals surface area contributed by atoms with Crippen molar-refractivity contribution >= 4 is 58.1 Å². The summed E-state index contributed by atoms with van der Waals surface area (Å²) in [5.74, 6) is -1.32. The molecule has 1 fully saturated rings. The highest BCUT2D eigenvalue weighted by Crippen LogP contribution is 2.38. The fourth-order valence-electron chi connectivity index (χ4n) is 4.07. The average molecular weight is 492 g/mol. The van der Waals surface area contributed by atoms with Gasteiger partial charge in [-0.2, -0.15) is 0 Å². The first kappa shape index (κ1) is 24.9. The van der Waals surface area contributed by atoms with Gasteiger partial charge in [0.15, 0.2) is 0 Å². The lowest BCUT2D eigenvalue weighted by molar-refractivity contribution is -0.121. The summed E-state index contributed by atoms with van der Waals surface area (Å²) in [5.41, 5.74) is 2.17. The molecule has 1 aromatic heterocycles. The summed E-state index contributed by atoms with van der Waals surface area (Å²) in [6.07, 6.45) is 1.13. The monoisotopic (exact) mass is 491 g/mol. The van der Waals surface area contributed by atoms with Gasteiger partial charge in [0.25, 0.3) is 5.91 Å². The third-order valence-corrected chi connectivity index (χ3v) is 7.00. The number of nitrogens with one attached hydrogen (secondary N) is 1. The van der Waals surface area contributed by atoms with Crippen molar-refractivity contribution < 1.29 is 23.9 Å². The Balaban J connectivity index is 0.00000306. The molecule has 0 spiro atoms. The summed E-state index contributed by atoms with van der Waals surface area (Å²) in [7, 11) is 1.33. The van der Waals surface area contributed by atoms with E-state index in [1.54, 1.807) is 24.3 Å². The van der Waals surface area contributed by atoms with E-state index in [0.717, 1.165) is 34.9 Å². The van der Waals surface area contributed by atoms with E-state index in [9.17, 15) is 19.2 Å². The number of halogens is 1. The van der Waals surface area contributed by atoms with E-state index in [-0.39, 0.29) is 43.0 Å². The van der Waals surface area contributed by atoms with E-state index in [1.165, 1.54) is 18.4 Å². The van der Waals surface area contributed by atoms with Gasteiger partial charge in [-0.1, -0.05) is 0 Å². The molecule has 2 aliphatic heterocycles. The van der Waals surface area contributed by atoms with Crippen LogP contribution in [0.3, 0.4) is 0 Å². The minimum Gasteiger partial charge on any atom is -0.465 e. The van der Waals surface area contributed by atoms with Gasteiger partial charge in [-0.05, 0) is 50.1 Å². The molecule has 176 valence electrons. The maximum atomic E-state index is 12.9. The zero-order chi connectivity index (χ0) is 23.0. The molecule has 0 radical (unpaired) electrons. The van der Waals surface area contributed by atoms with E-state index < -0.39 is 5.97 Å². The number of fused-ring (bicyclic) bond motifs is 1. The van der Waals surface area contributed by atoms with Crippen LogP contribution in [0.1, 0.15) is 57.8 Å². The van der Waals surface area contributed by atoms with Gasteiger partial charge in [-0.25, -0.2) is 4.79 Å². The number of ether oxygens (including phenoxy) is 1. The predicted molar refractivity (Wildman–Crippen MR) is 128 cm³/mol. The summed E-state index contributed by atoms with van der Waals surface area (Å²) in [5, 5.41) is 3.34. The number of hydrogen-bond acceptors (Lipinski definition) is 7. The van der Waals surface area contributed by atoms with Crippen molar-refractivity contribution in [3.63, 3.8) is 0 Å². The Labute approximate surface area is 202 Å². The summed E-state index contributed by atoms with van der Waals surface area (Å²) in [6.45, 7) is 5.84. The summed E-state index contributed by atoms with van der Waals surface area (Å²) < 4.78 is 4.99. The summed E-state index contributed by atoms with van der Waals surface area (Å²) in [6, 6.07) is 6.68. The Kier molecular flexibility index (Phi) is 7.56. The van der Waals surface area contributed by atoms with Crippen molar-refractivity contribution in [1.82, 2.24) is 4.90 Å². The molecule has 0 bridgehead atoms.